The van der Waals surface area contributed by atoms with E-state index >= 15 is 0 Å². The van der Waals surface area contributed by atoms with Gasteiger partial charge in [-0.25, -0.2) is 9.78 Å². The van der Waals surface area contributed by atoms with Gasteiger partial charge in [0, 0.05) is 24.2 Å². The number of nitrogens with one attached hydrogen (secondary N) is 1. The zero-order chi connectivity index (χ0) is 16.8. The highest BCUT2D eigenvalue weighted by molar-refractivity contribution is 7.09. The van der Waals surface area contributed by atoms with E-state index in [0.29, 0.717) is 13.1 Å². The zero-order valence-corrected chi connectivity index (χ0v) is 14.2. The van der Waals surface area contributed by atoms with E-state index in [1.807, 2.05) is 53.9 Å². The van der Waals surface area contributed by atoms with Crippen LogP contribution >= 0.6 is 11.3 Å². The number of carbonyl (C=O) groups excluding carboxylic acids is 1. The van der Waals surface area contributed by atoms with Gasteiger partial charge in [-0.2, -0.15) is 0 Å². The van der Waals surface area contributed by atoms with Crippen LogP contribution in [0.5, 0.6) is 0 Å². The number of hydrogen-bond acceptors (Lipinski definition) is 4. The number of carbonyl (C=O) groups is 1. The van der Waals surface area contributed by atoms with Gasteiger partial charge in [0.25, 0.3) is 0 Å². The SMILES string of the molecule is CN(Cc1ccccn1)C(=O)NCc1nc(-c2ccccc2)cs1. The normalized spacial score (nSPS) is 10.4. The summed E-state index contributed by atoms with van der Waals surface area (Å²) in [6, 6.07) is 15.5. The van der Waals surface area contributed by atoms with Crippen molar-refractivity contribution in [2.24, 2.45) is 0 Å². The number of hydrogen-bond donors (Lipinski definition) is 1. The molecule has 2 amide bonds. The summed E-state index contributed by atoms with van der Waals surface area (Å²) in [7, 11) is 1.75. The van der Waals surface area contributed by atoms with Crippen molar-refractivity contribution in [3.8, 4) is 11.3 Å². The first-order chi connectivity index (χ1) is 11.7. The molecule has 3 rings (SSSR count). The predicted molar refractivity (Wildman–Crippen MR) is 95.5 cm³/mol. The van der Waals surface area contributed by atoms with E-state index in [4.69, 9.17) is 0 Å². The topological polar surface area (TPSA) is 58.1 Å². The molecule has 0 saturated carbocycles. The molecule has 122 valence electrons. The van der Waals surface area contributed by atoms with Gasteiger partial charge in [-0.1, -0.05) is 36.4 Å². The van der Waals surface area contributed by atoms with E-state index in [2.05, 4.69) is 15.3 Å². The van der Waals surface area contributed by atoms with E-state index in [1.54, 1.807) is 29.5 Å². The fourth-order valence-corrected chi connectivity index (χ4v) is 2.97. The quantitative estimate of drug-likeness (QED) is 0.774. The van der Waals surface area contributed by atoms with Crippen LogP contribution in [-0.4, -0.2) is 27.9 Å². The monoisotopic (exact) mass is 338 g/mol. The fourth-order valence-electron chi connectivity index (χ4n) is 2.23. The van der Waals surface area contributed by atoms with Gasteiger partial charge in [0.05, 0.1) is 24.5 Å². The number of urea groups is 1. The first kappa shape index (κ1) is 16.1. The largest absolute Gasteiger partial charge is 0.331 e. The zero-order valence-electron chi connectivity index (χ0n) is 13.3. The summed E-state index contributed by atoms with van der Waals surface area (Å²) in [6.07, 6.45) is 1.72. The Morgan fingerprint density at radius 2 is 1.96 bits per heavy atom. The van der Waals surface area contributed by atoms with Gasteiger partial charge in [-0.05, 0) is 12.1 Å². The molecular weight excluding hydrogens is 320 g/mol. The predicted octanol–water partition coefficient (Wildman–Crippen LogP) is 3.55. The average Bonchev–Trinajstić information content (AvgIpc) is 3.10. The van der Waals surface area contributed by atoms with Crippen molar-refractivity contribution >= 4 is 17.4 Å². The lowest BCUT2D eigenvalue weighted by atomic mass is 10.2. The van der Waals surface area contributed by atoms with E-state index < -0.39 is 0 Å². The molecule has 0 bridgehead atoms. The molecule has 0 radical (unpaired) electrons. The Kier molecular flexibility index (Phi) is 5.18. The number of nitrogens with zero attached hydrogens (tertiary/aromatic N) is 3. The van der Waals surface area contributed by atoms with Crippen LogP contribution in [0.1, 0.15) is 10.7 Å². The minimum atomic E-state index is -0.142. The molecule has 0 atom stereocenters. The van der Waals surface area contributed by atoms with Gasteiger partial charge in [0.1, 0.15) is 5.01 Å². The molecule has 0 aliphatic rings. The second-order valence-electron chi connectivity index (χ2n) is 5.33. The van der Waals surface area contributed by atoms with E-state index in [0.717, 1.165) is 22.0 Å². The maximum absolute atomic E-state index is 12.2. The summed E-state index contributed by atoms with van der Waals surface area (Å²) in [4.78, 5) is 22.6. The van der Waals surface area contributed by atoms with Crippen LogP contribution < -0.4 is 5.32 Å². The molecule has 0 aliphatic carbocycles. The van der Waals surface area contributed by atoms with Crippen molar-refractivity contribution in [2.75, 3.05) is 7.05 Å². The summed E-state index contributed by atoms with van der Waals surface area (Å²) in [5, 5.41) is 5.78. The summed E-state index contributed by atoms with van der Waals surface area (Å²) < 4.78 is 0. The van der Waals surface area contributed by atoms with Gasteiger partial charge >= 0.3 is 6.03 Å². The van der Waals surface area contributed by atoms with Crippen molar-refractivity contribution in [1.29, 1.82) is 0 Å². The molecule has 24 heavy (non-hydrogen) atoms. The van der Waals surface area contributed by atoms with Gasteiger partial charge in [0.2, 0.25) is 0 Å². The molecule has 0 unspecified atom stereocenters. The molecule has 2 aromatic heterocycles. The van der Waals surface area contributed by atoms with Gasteiger partial charge in [0.15, 0.2) is 0 Å². The smallest absolute Gasteiger partial charge is 0.317 e. The molecule has 5 nitrogen and oxygen atoms in total. The average molecular weight is 338 g/mol. The molecule has 3 aromatic rings. The Balaban J connectivity index is 1.54. The molecule has 0 fully saturated rings. The highest BCUT2D eigenvalue weighted by Gasteiger charge is 2.11. The van der Waals surface area contributed by atoms with Crippen LogP contribution in [0.25, 0.3) is 11.3 Å². The van der Waals surface area contributed by atoms with Crippen molar-refractivity contribution < 1.29 is 4.79 Å². The lowest BCUT2D eigenvalue weighted by Crippen LogP contribution is -2.36. The minimum Gasteiger partial charge on any atom is -0.331 e. The second kappa shape index (κ2) is 7.70. The fraction of sp³-hybridized carbons (Fsp3) is 0.167. The molecule has 6 heteroatoms. The third-order valence-electron chi connectivity index (χ3n) is 3.48. The molecule has 1 aromatic carbocycles. The first-order valence-corrected chi connectivity index (χ1v) is 8.49. The van der Waals surface area contributed by atoms with Crippen LogP contribution in [0.15, 0.2) is 60.1 Å². The van der Waals surface area contributed by atoms with Crippen LogP contribution in [0.4, 0.5) is 4.79 Å². The van der Waals surface area contributed by atoms with Gasteiger partial charge in [-0.15, -0.1) is 11.3 Å². The third kappa shape index (κ3) is 4.17. The maximum Gasteiger partial charge on any atom is 0.317 e. The van der Waals surface area contributed by atoms with Crippen molar-refractivity contribution in [2.45, 2.75) is 13.1 Å². The number of rotatable bonds is 5. The molecule has 0 aliphatic heterocycles. The van der Waals surface area contributed by atoms with Gasteiger partial charge < -0.3 is 10.2 Å². The second-order valence-corrected chi connectivity index (χ2v) is 6.27. The van der Waals surface area contributed by atoms with Gasteiger partial charge in [-0.3, -0.25) is 4.98 Å². The third-order valence-corrected chi connectivity index (χ3v) is 4.33. The van der Waals surface area contributed by atoms with Crippen LogP contribution in [0, 0.1) is 0 Å². The summed E-state index contributed by atoms with van der Waals surface area (Å²) in [5.41, 5.74) is 2.88. The molecular formula is C18H18N4OS. The summed E-state index contributed by atoms with van der Waals surface area (Å²) >= 11 is 1.55. The van der Waals surface area contributed by atoms with E-state index in [1.165, 1.54) is 0 Å². The van der Waals surface area contributed by atoms with E-state index in [-0.39, 0.29) is 6.03 Å². The highest BCUT2D eigenvalue weighted by atomic mass is 32.1. The van der Waals surface area contributed by atoms with Crippen LogP contribution in [-0.2, 0) is 13.1 Å². The Bertz CT molecular complexity index is 789. The Morgan fingerprint density at radius 1 is 1.17 bits per heavy atom. The van der Waals surface area contributed by atoms with Crippen LogP contribution in [0.2, 0.25) is 0 Å². The molecule has 0 spiro atoms. The van der Waals surface area contributed by atoms with Crippen molar-refractivity contribution in [3.63, 3.8) is 0 Å². The molecule has 1 N–H and O–H groups in total. The highest BCUT2D eigenvalue weighted by Crippen LogP contribution is 2.21. The Hall–Kier alpha value is -2.73. The summed E-state index contributed by atoms with van der Waals surface area (Å²) in [6.45, 7) is 0.892. The lowest BCUT2D eigenvalue weighted by molar-refractivity contribution is 0.206. The number of aromatic nitrogens is 2. The summed E-state index contributed by atoms with van der Waals surface area (Å²) in [5.74, 6) is 0. The number of thiazole rings is 1. The minimum absolute atomic E-state index is 0.142. The number of benzene rings is 1. The van der Waals surface area contributed by atoms with Crippen molar-refractivity contribution in [3.05, 3.63) is 70.8 Å². The Morgan fingerprint density at radius 3 is 2.71 bits per heavy atom. The van der Waals surface area contributed by atoms with Crippen molar-refractivity contribution in [1.82, 2.24) is 20.2 Å². The first-order valence-electron chi connectivity index (χ1n) is 7.61. The number of amides is 2. The standard InChI is InChI=1S/C18H18N4OS/c1-22(12-15-9-5-6-10-19-15)18(23)20-11-17-21-16(13-24-17)14-7-3-2-4-8-14/h2-10,13H,11-12H2,1H3,(H,20,23). The Labute approximate surface area is 145 Å². The lowest BCUT2D eigenvalue weighted by Gasteiger charge is -2.17. The molecule has 0 saturated heterocycles. The molecule has 2 heterocycles. The van der Waals surface area contributed by atoms with E-state index in [9.17, 15) is 4.79 Å². The maximum atomic E-state index is 12.2. The van der Waals surface area contributed by atoms with Crippen LogP contribution in [0.3, 0.4) is 0 Å². The number of pyridine rings is 1.